The van der Waals surface area contributed by atoms with Crippen LogP contribution in [0.15, 0.2) is 12.2 Å². The van der Waals surface area contributed by atoms with Gasteiger partial charge in [-0.15, -0.1) is 12.4 Å². The molecule has 76 valence electrons. The molecule has 2 nitrogen and oxygen atoms in total. The first-order valence-electron chi connectivity index (χ1n) is 4.96. The lowest BCUT2D eigenvalue weighted by molar-refractivity contribution is 0.0462. The third kappa shape index (κ3) is 3.29. The van der Waals surface area contributed by atoms with E-state index < -0.39 is 0 Å². The van der Waals surface area contributed by atoms with Gasteiger partial charge in [0.05, 0.1) is 6.10 Å². The third-order valence-electron chi connectivity index (χ3n) is 2.63. The van der Waals surface area contributed by atoms with Gasteiger partial charge in [-0.2, -0.15) is 0 Å². The van der Waals surface area contributed by atoms with E-state index in [4.69, 9.17) is 4.74 Å². The van der Waals surface area contributed by atoms with Crippen molar-refractivity contribution in [3.63, 3.8) is 0 Å². The average Bonchev–Trinajstić information content (AvgIpc) is 2.04. The van der Waals surface area contributed by atoms with E-state index in [1.165, 1.54) is 19.3 Å². The van der Waals surface area contributed by atoms with Gasteiger partial charge in [0.1, 0.15) is 0 Å². The van der Waals surface area contributed by atoms with Gasteiger partial charge in [0.15, 0.2) is 0 Å². The molecule has 1 N–H and O–H groups in total. The van der Waals surface area contributed by atoms with Gasteiger partial charge in [-0.25, -0.2) is 0 Å². The molecule has 0 bridgehead atoms. The Balaban J connectivity index is 0.000000845. The Labute approximate surface area is 86.1 Å². The first-order chi connectivity index (χ1) is 5.95. The van der Waals surface area contributed by atoms with Crippen molar-refractivity contribution in [2.24, 2.45) is 5.92 Å². The molecule has 13 heavy (non-hydrogen) atoms. The maximum atomic E-state index is 5.59. The smallest absolute Gasteiger partial charge is 0.0755 e. The molecule has 0 saturated carbocycles. The minimum atomic E-state index is 0. The second-order valence-electron chi connectivity index (χ2n) is 3.71. The Morgan fingerprint density at radius 3 is 2.54 bits per heavy atom. The van der Waals surface area contributed by atoms with Crippen molar-refractivity contribution in [1.82, 2.24) is 5.32 Å². The number of rotatable bonds is 2. The zero-order chi connectivity index (χ0) is 8.23. The standard InChI is InChI=1S/C10H17NO.ClH/c1-2-6-12-10(3-1)5-4-9-7-11-8-9;/h4-5,9-11H,1-3,6-8H2;1H/b5-4+;. The van der Waals surface area contributed by atoms with Crippen LogP contribution in [-0.4, -0.2) is 25.8 Å². The van der Waals surface area contributed by atoms with Crippen LogP contribution in [0.3, 0.4) is 0 Å². The Kier molecular flexibility index (Phi) is 4.78. The van der Waals surface area contributed by atoms with Crippen molar-refractivity contribution in [1.29, 1.82) is 0 Å². The van der Waals surface area contributed by atoms with E-state index in [-0.39, 0.29) is 12.4 Å². The predicted molar refractivity (Wildman–Crippen MR) is 56.3 cm³/mol. The highest BCUT2D eigenvalue weighted by Gasteiger charge is 2.15. The molecule has 2 saturated heterocycles. The maximum absolute atomic E-state index is 5.59. The molecule has 0 amide bonds. The Bertz CT molecular complexity index is 162. The SMILES string of the molecule is C(=C\C1CCCCO1)/C1CNC1.Cl. The van der Waals surface area contributed by atoms with Crippen LogP contribution in [0.5, 0.6) is 0 Å². The van der Waals surface area contributed by atoms with E-state index >= 15 is 0 Å². The van der Waals surface area contributed by atoms with Crippen molar-refractivity contribution < 1.29 is 4.74 Å². The summed E-state index contributed by atoms with van der Waals surface area (Å²) in [5.74, 6) is 0.774. The molecular formula is C10H18ClNO. The molecule has 0 aliphatic carbocycles. The second kappa shape index (κ2) is 5.63. The van der Waals surface area contributed by atoms with Crippen LogP contribution in [0.25, 0.3) is 0 Å². The van der Waals surface area contributed by atoms with Gasteiger partial charge in [0, 0.05) is 25.6 Å². The second-order valence-corrected chi connectivity index (χ2v) is 3.71. The van der Waals surface area contributed by atoms with Crippen LogP contribution in [0.4, 0.5) is 0 Å². The van der Waals surface area contributed by atoms with E-state index in [1.807, 2.05) is 0 Å². The maximum Gasteiger partial charge on any atom is 0.0755 e. The largest absolute Gasteiger partial charge is 0.374 e. The molecular weight excluding hydrogens is 186 g/mol. The molecule has 0 aromatic heterocycles. The molecule has 2 fully saturated rings. The Morgan fingerprint density at radius 1 is 1.15 bits per heavy atom. The topological polar surface area (TPSA) is 21.3 Å². The summed E-state index contributed by atoms with van der Waals surface area (Å²) in [6, 6.07) is 0. The van der Waals surface area contributed by atoms with Gasteiger partial charge in [-0.05, 0) is 19.3 Å². The highest BCUT2D eigenvalue weighted by molar-refractivity contribution is 5.85. The monoisotopic (exact) mass is 203 g/mol. The lowest BCUT2D eigenvalue weighted by atomic mass is 10.0. The van der Waals surface area contributed by atoms with Crippen LogP contribution in [0, 0.1) is 5.92 Å². The van der Waals surface area contributed by atoms with Crippen LogP contribution >= 0.6 is 12.4 Å². The molecule has 3 heteroatoms. The van der Waals surface area contributed by atoms with E-state index in [1.54, 1.807) is 0 Å². The normalized spacial score (nSPS) is 29.7. The summed E-state index contributed by atoms with van der Waals surface area (Å²) in [5.41, 5.74) is 0. The highest BCUT2D eigenvalue weighted by atomic mass is 35.5. The van der Waals surface area contributed by atoms with Crippen molar-refractivity contribution in [2.75, 3.05) is 19.7 Å². The Hall–Kier alpha value is -0.0500. The lowest BCUT2D eigenvalue weighted by Crippen LogP contribution is -2.40. The lowest BCUT2D eigenvalue weighted by Gasteiger charge is -2.25. The van der Waals surface area contributed by atoms with Gasteiger partial charge in [0.2, 0.25) is 0 Å². The minimum Gasteiger partial charge on any atom is -0.374 e. The fourth-order valence-corrected chi connectivity index (χ4v) is 1.65. The zero-order valence-electron chi connectivity index (χ0n) is 7.87. The van der Waals surface area contributed by atoms with Crippen LogP contribution in [0.1, 0.15) is 19.3 Å². The van der Waals surface area contributed by atoms with Crippen molar-refractivity contribution in [3.05, 3.63) is 12.2 Å². The number of hydrogen-bond acceptors (Lipinski definition) is 2. The van der Waals surface area contributed by atoms with E-state index in [0.29, 0.717) is 6.10 Å². The summed E-state index contributed by atoms with van der Waals surface area (Å²) in [6.45, 7) is 3.27. The molecule has 0 radical (unpaired) electrons. The van der Waals surface area contributed by atoms with E-state index in [0.717, 1.165) is 25.6 Å². The van der Waals surface area contributed by atoms with Crippen LogP contribution in [-0.2, 0) is 4.74 Å². The van der Waals surface area contributed by atoms with Gasteiger partial charge >= 0.3 is 0 Å². The summed E-state index contributed by atoms with van der Waals surface area (Å²) in [7, 11) is 0. The summed E-state index contributed by atoms with van der Waals surface area (Å²) in [6.07, 6.45) is 8.78. The highest BCUT2D eigenvalue weighted by Crippen LogP contribution is 2.15. The van der Waals surface area contributed by atoms with Gasteiger partial charge in [0.25, 0.3) is 0 Å². The molecule has 2 aliphatic heterocycles. The average molecular weight is 204 g/mol. The van der Waals surface area contributed by atoms with Gasteiger partial charge in [-0.1, -0.05) is 12.2 Å². The van der Waals surface area contributed by atoms with E-state index in [2.05, 4.69) is 17.5 Å². The summed E-state index contributed by atoms with van der Waals surface area (Å²) >= 11 is 0. The number of halogens is 1. The molecule has 0 aromatic rings. The fraction of sp³-hybridized carbons (Fsp3) is 0.800. The van der Waals surface area contributed by atoms with Crippen molar-refractivity contribution >= 4 is 12.4 Å². The third-order valence-corrected chi connectivity index (χ3v) is 2.63. The first kappa shape index (κ1) is 11.0. The summed E-state index contributed by atoms with van der Waals surface area (Å²) in [4.78, 5) is 0. The van der Waals surface area contributed by atoms with Crippen LogP contribution < -0.4 is 5.32 Å². The zero-order valence-corrected chi connectivity index (χ0v) is 8.69. The molecule has 2 aliphatic rings. The molecule has 1 unspecified atom stereocenters. The molecule has 1 atom stereocenters. The van der Waals surface area contributed by atoms with Gasteiger partial charge in [-0.3, -0.25) is 0 Å². The van der Waals surface area contributed by atoms with Crippen molar-refractivity contribution in [2.45, 2.75) is 25.4 Å². The number of nitrogens with one attached hydrogen (secondary N) is 1. The van der Waals surface area contributed by atoms with Crippen LogP contribution in [0.2, 0.25) is 0 Å². The van der Waals surface area contributed by atoms with Crippen molar-refractivity contribution in [3.8, 4) is 0 Å². The molecule has 2 heterocycles. The minimum absolute atomic E-state index is 0. The predicted octanol–water partition coefficient (Wildman–Crippen LogP) is 1.75. The molecule has 2 rings (SSSR count). The quantitative estimate of drug-likeness (QED) is 0.691. The van der Waals surface area contributed by atoms with E-state index in [9.17, 15) is 0 Å². The fourth-order valence-electron chi connectivity index (χ4n) is 1.65. The number of ether oxygens (including phenoxy) is 1. The summed E-state index contributed by atoms with van der Waals surface area (Å²) < 4.78 is 5.59. The summed E-state index contributed by atoms with van der Waals surface area (Å²) in [5, 5.41) is 3.26. The molecule has 0 aromatic carbocycles. The number of hydrogen-bond donors (Lipinski definition) is 1. The first-order valence-corrected chi connectivity index (χ1v) is 4.96. The Morgan fingerprint density at radius 2 is 2.00 bits per heavy atom. The van der Waals surface area contributed by atoms with Gasteiger partial charge < -0.3 is 10.1 Å². The molecule has 0 spiro atoms.